The molecule has 2 aliphatic rings. The summed E-state index contributed by atoms with van der Waals surface area (Å²) in [5, 5.41) is 4.64. The second-order valence-electron chi connectivity index (χ2n) is 7.89. The van der Waals surface area contributed by atoms with Crippen LogP contribution in [0.3, 0.4) is 0 Å². The average molecular weight is 319 g/mol. The van der Waals surface area contributed by atoms with Crippen molar-refractivity contribution in [2.24, 2.45) is 0 Å². The van der Waals surface area contributed by atoms with Crippen LogP contribution in [0.4, 0.5) is 0 Å². The van der Waals surface area contributed by atoms with Gasteiger partial charge in [0.15, 0.2) is 0 Å². The monoisotopic (exact) mass is 319 g/mol. The number of amides is 1. The standard InChI is InChI=1S/C18H29N3O2/c1-12-16(13(2)21(19-12)18(3,4)5)17(22)20-10-11-23-15-9-7-6-8-14(15)20/h14-15H,6-11H2,1-5H3. The van der Waals surface area contributed by atoms with Crippen LogP contribution in [0.2, 0.25) is 0 Å². The van der Waals surface area contributed by atoms with Gasteiger partial charge in [-0.05, 0) is 47.5 Å². The molecule has 1 amide bonds. The maximum atomic E-state index is 13.3. The minimum Gasteiger partial charge on any atom is -0.374 e. The Balaban J connectivity index is 1.92. The second-order valence-corrected chi connectivity index (χ2v) is 7.89. The van der Waals surface area contributed by atoms with Crippen molar-refractivity contribution in [2.45, 2.75) is 78.0 Å². The molecule has 23 heavy (non-hydrogen) atoms. The van der Waals surface area contributed by atoms with Crippen molar-refractivity contribution in [2.75, 3.05) is 13.2 Å². The van der Waals surface area contributed by atoms with Crippen molar-refractivity contribution in [1.29, 1.82) is 0 Å². The number of aryl methyl sites for hydroxylation is 1. The van der Waals surface area contributed by atoms with E-state index in [1.165, 1.54) is 12.8 Å². The first-order valence-electron chi connectivity index (χ1n) is 8.80. The molecule has 5 heteroatoms. The number of hydrogen-bond acceptors (Lipinski definition) is 3. The van der Waals surface area contributed by atoms with E-state index < -0.39 is 0 Å². The predicted molar refractivity (Wildman–Crippen MR) is 89.7 cm³/mol. The molecule has 0 bridgehead atoms. The van der Waals surface area contributed by atoms with Crippen LogP contribution in [0.25, 0.3) is 0 Å². The predicted octanol–water partition coefficient (Wildman–Crippen LogP) is 3.04. The SMILES string of the molecule is Cc1nn(C(C)(C)C)c(C)c1C(=O)N1CCOC2CCCCC21. The van der Waals surface area contributed by atoms with Crippen molar-refractivity contribution in [1.82, 2.24) is 14.7 Å². The van der Waals surface area contributed by atoms with Crippen LogP contribution < -0.4 is 0 Å². The number of nitrogens with zero attached hydrogens (tertiary/aromatic N) is 3. The van der Waals surface area contributed by atoms with Gasteiger partial charge in [0.05, 0.1) is 35.5 Å². The Morgan fingerprint density at radius 1 is 1.22 bits per heavy atom. The van der Waals surface area contributed by atoms with E-state index in [1.807, 2.05) is 18.5 Å². The van der Waals surface area contributed by atoms with Gasteiger partial charge in [-0.15, -0.1) is 0 Å². The minimum atomic E-state index is -0.119. The summed E-state index contributed by atoms with van der Waals surface area (Å²) in [7, 11) is 0. The Morgan fingerprint density at radius 3 is 2.57 bits per heavy atom. The van der Waals surface area contributed by atoms with Crippen molar-refractivity contribution in [3.8, 4) is 0 Å². The van der Waals surface area contributed by atoms with Gasteiger partial charge in [0.25, 0.3) is 5.91 Å². The van der Waals surface area contributed by atoms with Gasteiger partial charge in [-0.25, -0.2) is 0 Å². The van der Waals surface area contributed by atoms with Crippen molar-refractivity contribution in [3.63, 3.8) is 0 Å². The van der Waals surface area contributed by atoms with Gasteiger partial charge < -0.3 is 9.64 Å². The molecule has 1 aromatic heterocycles. The van der Waals surface area contributed by atoms with Crippen molar-refractivity contribution < 1.29 is 9.53 Å². The summed E-state index contributed by atoms with van der Waals surface area (Å²) in [5.41, 5.74) is 2.47. The maximum Gasteiger partial charge on any atom is 0.258 e. The van der Waals surface area contributed by atoms with E-state index in [4.69, 9.17) is 4.74 Å². The first-order chi connectivity index (χ1) is 10.8. The first kappa shape index (κ1) is 16.5. The van der Waals surface area contributed by atoms with Crippen LogP contribution in [-0.2, 0) is 10.3 Å². The normalized spacial score (nSPS) is 25.3. The van der Waals surface area contributed by atoms with Gasteiger partial charge in [0.2, 0.25) is 0 Å². The third-order valence-electron chi connectivity index (χ3n) is 5.13. The number of hydrogen-bond donors (Lipinski definition) is 0. The molecule has 1 aromatic rings. The summed E-state index contributed by atoms with van der Waals surface area (Å²) in [6.45, 7) is 11.7. The van der Waals surface area contributed by atoms with Crippen LogP contribution in [0, 0.1) is 13.8 Å². The quantitative estimate of drug-likeness (QED) is 0.799. The third-order valence-corrected chi connectivity index (χ3v) is 5.13. The molecule has 1 saturated carbocycles. The molecule has 2 fully saturated rings. The van der Waals surface area contributed by atoms with Crippen molar-refractivity contribution in [3.05, 3.63) is 17.0 Å². The van der Waals surface area contributed by atoms with E-state index in [-0.39, 0.29) is 23.6 Å². The molecule has 128 valence electrons. The van der Waals surface area contributed by atoms with E-state index in [2.05, 4.69) is 30.8 Å². The van der Waals surface area contributed by atoms with Gasteiger partial charge in [0.1, 0.15) is 0 Å². The zero-order valence-electron chi connectivity index (χ0n) is 15.1. The number of aromatic nitrogens is 2. The lowest BCUT2D eigenvalue weighted by atomic mass is 9.89. The molecule has 3 rings (SSSR count). The topological polar surface area (TPSA) is 47.4 Å². The number of rotatable bonds is 1. The molecule has 2 unspecified atom stereocenters. The molecular weight excluding hydrogens is 290 g/mol. The second kappa shape index (κ2) is 5.93. The van der Waals surface area contributed by atoms with E-state index in [0.29, 0.717) is 13.2 Å². The fraction of sp³-hybridized carbons (Fsp3) is 0.778. The Bertz CT molecular complexity index is 598. The van der Waals surface area contributed by atoms with Gasteiger partial charge >= 0.3 is 0 Å². The zero-order valence-corrected chi connectivity index (χ0v) is 15.1. The van der Waals surface area contributed by atoms with Gasteiger partial charge in [-0.1, -0.05) is 12.8 Å². The lowest BCUT2D eigenvalue weighted by Crippen LogP contribution is -2.55. The van der Waals surface area contributed by atoms with Crippen molar-refractivity contribution >= 4 is 5.91 Å². The smallest absolute Gasteiger partial charge is 0.258 e. The van der Waals surface area contributed by atoms with E-state index in [1.54, 1.807) is 0 Å². The fourth-order valence-corrected chi connectivity index (χ4v) is 4.10. The van der Waals surface area contributed by atoms with Gasteiger partial charge in [-0.2, -0.15) is 5.10 Å². The summed E-state index contributed by atoms with van der Waals surface area (Å²) in [4.78, 5) is 15.3. The Labute approximate surface area is 139 Å². The molecular formula is C18H29N3O2. The Hall–Kier alpha value is -1.36. The highest BCUT2D eigenvalue weighted by atomic mass is 16.5. The Kier molecular flexibility index (Phi) is 4.25. The third kappa shape index (κ3) is 2.91. The number of morpholine rings is 1. The molecule has 0 radical (unpaired) electrons. The highest BCUT2D eigenvalue weighted by Gasteiger charge is 2.38. The van der Waals surface area contributed by atoms with Crippen LogP contribution >= 0.6 is 0 Å². The van der Waals surface area contributed by atoms with E-state index in [9.17, 15) is 4.79 Å². The van der Waals surface area contributed by atoms with E-state index in [0.717, 1.165) is 29.8 Å². The molecule has 0 spiro atoms. The highest BCUT2D eigenvalue weighted by Crippen LogP contribution is 2.31. The zero-order chi connectivity index (χ0) is 16.8. The fourth-order valence-electron chi connectivity index (χ4n) is 4.10. The number of carbonyl (C=O) groups excluding carboxylic acids is 1. The largest absolute Gasteiger partial charge is 0.374 e. The number of fused-ring (bicyclic) bond motifs is 1. The summed E-state index contributed by atoms with van der Waals surface area (Å²) in [6.07, 6.45) is 4.76. The van der Waals surface area contributed by atoms with Gasteiger partial charge in [0, 0.05) is 12.2 Å². The summed E-state index contributed by atoms with van der Waals surface area (Å²) < 4.78 is 7.88. The number of carbonyl (C=O) groups is 1. The van der Waals surface area contributed by atoms with Crippen LogP contribution in [0.15, 0.2) is 0 Å². The van der Waals surface area contributed by atoms with Gasteiger partial charge in [-0.3, -0.25) is 9.48 Å². The first-order valence-corrected chi connectivity index (χ1v) is 8.80. The molecule has 2 heterocycles. The lowest BCUT2D eigenvalue weighted by molar-refractivity contribution is -0.0753. The summed E-state index contributed by atoms with van der Waals surface area (Å²) in [5.74, 6) is 0.135. The molecule has 0 aromatic carbocycles. The average Bonchev–Trinajstić information content (AvgIpc) is 2.81. The highest BCUT2D eigenvalue weighted by molar-refractivity contribution is 5.96. The molecule has 1 aliphatic carbocycles. The Morgan fingerprint density at radius 2 is 1.91 bits per heavy atom. The summed E-state index contributed by atoms with van der Waals surface area (Å²) in [6, 6.07) is 0.238. The molecule has 0 N–H and O–H groups in total. The van der Waals surface area contributed by atoms with E-state index >= 15 is 0 Å². The van der Waals surface area contributed by atoms with Crippen LogP contribution in [-0.4, -0.2) is 45.9 Å². The minimum absolute atomic E-state index is 0.119. The summed E-state index contributed by atoms with van der Waals surface area (Å²) >= 11 is 0. The molecule has 5 nitrogen and oxygen atoms in total. The van der Waals surface area contributed by atoms with Crippen LogP contribution in [0.5, 0.6) is 0 Å². The molecule has 1 aliphatic heterocycles. The molecule has 2 atom stereocenters. The lowest BCUT2D eigenvalue weighted by Gasteiger charge is -2.43. The number of ether oxygens (including phenoxy) is 1. The van der Waals surface area contributed by atoms with Crippen LogP contribution in [0.1, 0.15) is 68.2 Å². The maximum absolute atomic E-state index is 13.3. The molecule has 1 saturated heterocycles.